The van der Waals surface area contributed by atoms with Gasteiger partial charge in [0.05, 0.1) is 18.5 Å². The van der Waals surface area contributed by atoms with Gasteiger partial charge in [-0.1, -0.05) is 6.07 Å². The van der Waals surface area contributed by atoms with Crippen molar-refractivity contribution in [2.45, 2.75) is 6.10 Å². The first-order valence-corrected chi connectivity index (χ1v) is 6.95. The summed E-state index contributed by atoms with van der Waals surface area (Å²) in [7, 11) is 1.87. The number of aromatic nitrogens is 3. The highest BCUT2D eigenvalue weighted by Crippen LogP contribution is 2.26. The number of aryl methyl sites for hydroxylation is 1. The van der Waals surface area contributed by atoms with E-state index in [0.717, 1.165) is 11.1 Å². The molecule has 0 aliphatic rings. The molecule has 0 aliphatic carbocycles. The zero-order chi connectivity index (χ0) is 15.4. The van der Waals surface area contributed by atoms with E-state index in [1.54, 1.807) is 23.1 Å². The van der Waals surface area contributed by atoms with E-state index >= 15 is 0 Å². The third-order valence-corrected chi connectivity index (χ3v) is 3.26. The quantitative estimate of drug-likeness (QED) is 0.785. The van der Waals surface area contributed by atoms with Crippen LogP contribution in [0.1, 0.15) is 11.8 Å². The van der Waals surface area contributed by atoms with Crippen molar-refractivity contribution in [1.29, 1.82) is 0 Å². The molecule has 5 nitrogen and oxygen atoms in total. The number of nitrogens with zero attached hydrogens (tertiary/aromatic N) is 3. The number of rotatable bonds is 5. The van der Waals surface area contributed by atoms with Crippen LogP contribution >= 0.6 is 0 Å². The molecule has 0 amide bonds. The average Bonchev–Trinajstić information content (AvgIpc) is 3.00. The lowest BCUT2D eigenvalue weighted by molar-refractivity contribution is 0.113. The summed E-state index contributed by atoms with van der Waals surface area (Å²) in [4.78, 5) is 4.22. The maximum Gasteiger partial charge on any atom is 0.163 e. The van der Waals surface area contributed by atoms with Crippen LogP contribution < -0.4 is 4.74 Å². The summed E-state index contributed by atoms with van der Waals surface area (Å²) < 4.78 is 7.59. The number of hydrogen-bond acceptors (Lipinski definition) is 4. The molecule has 22 heavy (non-hydrogen) atoms. The molecule has 1 radical (unpaired) electrons. The standard InChI is InChI=1S/C17H16N3O2/c1-20-11-14(10-19-20)13-5-4-6-15(9-13)22-17(12-21)16-7-2-3-8-18-16/h2-3,5-11,17,21H,12H2,1H3. The van der Waals surface area contributed by atoms with Gasteiger partial charge in [0.2, 0.25) is 0 Å². The molecule has 0 spiro atoms. The van der Waals surface area contributed by atoms with Gasteiger partial charge in [-0.15, -0.1) is 0 Å². The molecule has 1 unspecified atom stereocenters. The first-order chi connectivity index (χ1) is 10.8. The molecular weight excluding hydrogens is 278 g/mol. The van der Waals surface area contributed by atoms with E-state index in [0.29, 0.717) is 11.4 Å². The van der Waals surface area contributed by atoms with Crippen molar-refractivity contribution >= 4 is 0 Å². The van der Waals surface area contributed by atoms with Crippen molar-refractivity contribution in [2.24, 2.45) is 7.05 Å². The molecule has 0 bridgehead atoms. The fourth-order valence-electron chi connectivity index (χ4n) is 2.18. The van der Waals surface area contributed by atoms with Crippen molar-refractivity contribution in [2.75, 3.05) is 6.61 Å². The Labute approximate surface area is 128 Å². The Morgan fingerprint density at radius 1 is 1.32 bits per heavy atom. The van der Waals surface area contributed by atoms with E-state index in [1.807, 2.05) is 43.6 Å². The minimum atomic E-state index is -0.501. The molecule has 0 aliphatic heterocycles. The van der Waals surface area contributed by atoms with E-state index in [1.165, 1.54) is 0 Å². The summed E-state index contributed by atoms with van der Waals surface area (Å²) >= 11 is 0. The molecule has 0 saturated carbocycles. The third kappa shape index (κ3) is 3.15. The van der Waals surface area contributed by atoms with Crippen molar-refractivity contribution in [3.8, 4) is 16.9 Å². The van der Waals surface area contributed by atoms with E-state index in [2.05, 4.69) is 16.1 Å². The Kier molecular flexibility index (Phi) is 4.16. The van der Waals surface area contributed by atoms with Gasteiger partial charge >= 0.3 is 0 Å². The molecule has 111 valence electrons. The summed E-state index contributed by atoms with van der Waals surface area (Å²) in [6.45, 7) is -0.145. The smallest absolute Gasteiger partial charge is 0.163 e. The molecular formula is C17H16N3O2. The number of benzene rings is 1. The van der Waals surface area contributed by atoms with Crippen LogP contribution in [0.5, 0.6) is 5.75 Å². The van der Waals surface area contributed by atoms with E-state index in [-0.39, 0.29) is 6.61 Å². The second-order valence-corrected chi connectivity index (χ2v) is 4.90. The minimum absolute atomic E-state index is 0.145. The summed E-state index contributed by atoms with van der Waals surface area (Å²) in [6.07, 6.45) is 4.89. The van der Waals surface area contributed by atoms with Crippen molar-refractivity contribution < 1.29 is 9.84 Å². The Morgan fingerprint density at radius 3 is 2.91 bits per heavy atom. The number of aliphatic hydroxyl groups excluding tert-OH is 1. The Hall–Kier alpha value is -2.66. The van der Waals surface area contributed by atoms with Crippen molar-refractivity contribution in [3.05, 3.63) is 66.7 Å². The van der Waals surface area contributed by atoms with Crippen LogP contribution in [-0.2, 0) is 7.05 Å². The van der Waals surface area contributed by atoms with Crippen molar-refractivity contribution in [3.63, 3.8) is 0 Å². The summed E-state index contributed by atoms with van der Waals surface area (Å²) in [5, 5.41) is 13.7. The van der Waals surface area contributed by atoms with E-state index in [4.69, 9.17) is 4.74 Å². The molecule has 1 aromatic carbocycles. The second-order valence-electron chi connectivity index (χ2n) is 4.90. The fraction of sp³-hybridized carbons (Fsp3) is 0.176. The lowest BCUT2D eigenvalue weighted by Crippen LogP contribution is -2.13. The molecule has 2 aromatic heterocycles. The van der Waals surface area contributed by atoms with Gasteiger partial charge in [0.25, 0.3) is 0 Å². The number of hydrogen-bond donors (Lipinski definition) is 1. The van der Waals surface area contributed by atoms with Crippen LogP contribution in [-0.4, -0.2) is 26.5 Å². The normalized spacial score (nSPS) is 12.1. The van der Waals surface area contributed by atoms with Gasteiger partial charge < -0.3 is 9.84 Å². The predicted molar refractivity (Wildman–Crippen MR) is 82.2 cm³/mol. The maximum atomic E-state index is 9.54. The van der Waals surface area contributed by atoms with Gasteiger partial charge in [-0.2, -0.15) is 5.10 Å². The molecule has 3 rings (SSSR count). The second kappa shape index (κ2) is 6.41. The molecule has 1 atom stereocenters. The van der Waals surface area contributed by atoms with Gasteiger partial charge in [0.15, 0.2) is 6.10 Å². The Morgan fingerprint density at radius 2 is 2.23 bits per heavy atom. The summed E-state index contributed by atoms with van der Waals surface area (Å²) in [6, 6.07) is 14.1. The van der Waals surface area contributed by atoms with Gasteiger partial charge in [-0.3, -0.25) is 9.67 Å². The monoisotopic (exact) mass is 294 g/mol. The number of aliphatic hydroxyl groups is 1. The topological polar surface area (TPSA) is 60.2 Å². The number of ether oxygens (including phenoxy) is 1. The maximum absolute atomic E-state index is 9.54. The first kappa shape index (κ1) is 14.3. The molecule has 0 saturated heterocycles. The zero-order valence-electron chi connectivity index (χ0n) is 12.2. The third-order valence-electron chi connectivity index (χ3n) is 3.26. The minimum Gasteiger partial charge on any atom is -0.482 e. The predicted octanol–water partition coefficient (Wildman–Crippen LogP) is 2.39. The summed E-state index contributed by atoms with van der Waals surface area (Å²) in [5.41, 5.74) is 2.64. The van der Waals surface area contributed by atoms with Crippen LogP contribution in [0.4, 0.5) is 0 Å². The van der Waals surface area contributed by atoms with E-state index in [9.17, 15) is 5.11 Å². The van der Waals surface area contributed by atoms with Crippen LogP contribution in [0.3, 0.4) is 0 Å². The summed E-state index contributed by atoms with van der Waals surface area (Å²) in [5.74, 6) is 0.631. The first-order valence-electron chi connectivity index (χ1n) is 6.95. The van der Waals surface area contributed by atoms with Crippen molar-refractivity contribution in [1.82, 2.24) is 14.8 Å². The average molecular weight is 294 g/mol. The molecule has 2 heterocycles. The highest BCUT2D eigenvalue weighted by molar-refractivity contribution is 5.63. The highest BCUT2D eigenvalue weighted by Gasteiger charge is 2.14. The van der Waals surface area contributed by atoms with Crippen LogP contribution in [0.2, 0.25) is 0 Å². The lowest BCUT2D eigenvalue weighted by atomic mass is 10.1. The Balaban J connectivity index is 1.83. The number of pyridine rings is 1. The van der Waals surface area contributed by atoms with Gasteiger partial charge in [0.1, 0.15) is 5.75 Å². The molecule has 3 aromatic rings. The highest BCUT2D eigenvalue weighted by atomic mass is 16.5. The van der Waals surface area contributed by atoms with Crippen LogP contribution in [0.25, 0.3) is 11.1 Å². The SMILES string of the molecule is Cn1cc(-c2c[c]cc(OC(CO)c3ccccn3)c2)cn1. The molecule has 1 N–H and O–H groups in total. The largest absolute Gasteiger partial charge is 0.482 e. The van der Waals surface area contributed by atoms with Crippen LogP contribution in [0, 0.1) is 6.07 Å². The molecule has 5 heteroatoms. The van der Waals surface area contributed by atoms with Gasteiger partial charge in [-0.25, -0.2) is 0 Å². The van der Waals surface area contributed by atoms with Gasteiger partial charge in [0, 0.05) is 25.0 Å². The Bertz CT molecular complexity index is 740. The van der Waals surface area contributed by atoms with E-state index < -0.39 is 6.10 Å². The van der Waals surface area contributed by atoms with Gasteiger partial charge in [-0.05, 0) is 42.0 Å². The lowest BCUT2D eigenvalue weighted by Gasteiger charge is -2.16. The zero-order valence-corrected chi connectivity index (χ0v) is 12.2. The van der Waals surface area contributed by atoms with Crippen LogP contribution in [0.15, 0.2) is 55.0 Å². The fourth-order valence-corrected chi connectivity index (χ4v) is 2.18. The molecule has 0 fully saturated rings.